The van der Waals surface area contributed by atoms with E-state index in [1.54, 1.807) is 13.8 Å². The molecule has 0 atom stereocenters. The number of Topliss-reactive ketones (excluding diaryl/α,β-unsaturated/α-hetero) is 5. The summed E-state index contributed by atoms with van der Waals surface area (Å²) in [6, 6.07) is 15.9. The highest BCUT2D eigenvalue weighted by Crippen LogP contribution is 2.12. The number of hydrogen-bond donors (Lipinski definition) is 1. The van der Waals surface area contributed by atoms with Crippen molar-refractivity contribution in [1.82, 2.24) is 24.9 Å². The Hall–Kier alpha value is -4.47. The van der Waals surface area contributed by atoms with Gasteiger partial charge in [0.2, 0.25) is 0 Å². The number of methoxy groups -OCH3 is 1. The molecule has 3 aliphatic heterocycles. The molecule has 86 heavy (non-hydrogen) atoms. The molecule has 1 N–H and O–H groups in total. The summed E-state index contributed by atoms with van der Waals surface area (Å²) in [5, 5.41) is 2.85. The minimum Gasteiger partial charge on any atom is -0.469 e. The second-order valence-electron chi connectivity index (χ2n) is 25.7. The van der Waals surface area contributed by atoms with Crippen LogP contribution in [0.15, 0.2) is 48.5 Å². The summed E-state index contributed by atoms with van der Waals surface area (Å²) in [6.45, 7) is 47.8. The first kappa shape index (κ1) is 83.6. The second-order valence-corrected chi connectivity index (χ2v) is 25.7. The van der Waals surface area contributed by atoms with Gasteiger partial charge in [-0.05, 0) is 137 Å². The molecule has 3 saturated heterocycles. The molecular formula is C72H127N5O9. The maximum Gasteiger partial charge on any atom is 0.308 e. The lowest BCUT2D eigenvalue weighted by molar-refractivity contribution is -0.144. The van der Waals surface area contributed by atoms with Gasteiger partial charge >= 0.3 is 5.97 Å². The standard InChI is InChI=1S/C13H26N2O.C12H23NO2.C12H16O.C11H15NO.C11H21NO.C8H16O.C5H10O2/c1-12(2)13(16)6-4-5-7-15-10-8-14(3)9-11-15;1-11(2)12(14)5-3-4-6-13-7-9-15-10-8-13;1-9(2)12(13)8-11-6-4-5-10(3)7-11;1-8(2)12-11(13)10-6-4-5-9(3)7-10;1-10(2)11(13)6-5-9-12-7-3-4-8-12;1-4-5-6-8(9)7(2)3;1-4(2)5(6)7-3/h12H,4-11H2,1-3H3;11H,3-10H2,1-2H3;4-7,9H,8H2,1-3H3;4-8H,1-3H3,(H,12,13);10H,3-9H2,1-2H3;7H,4-6H2,1-3H3;4H,1-3H3. The summed E-state index contributed by atoms with van der Waals surface area (Å²) in [5.41, 5.74) is 4.18. The lowest BCUT2D eigenvalue weighted by Gasteiger charge is -2.32. The molecule has 3 aliphatic rings. The summed E-state index contributed by atoms with van der Waals surface area (Å²) in [6.07, 6.45) is 14.0. The van der Waals surface area contributed by atoms with Crippen LogP contribution in [0.5, 0.6) is 0 Å². The molecule has 0 radical (unpaired) electrons. The number of ketones is 5. The minimum absolute atomic E-state index is 0.00120. The van der Waals surface area contributed by atoms with Gasteiger partial charge in [0.15, 0.2) is 0 Å². The lowest BCUT2D eigenvalue weighted by Crippen LogP contribution is -2.44. The molecule has 3 fully saturated rings. The fraction of sp³-hybridized carbons (Fsp3) is 0.736. The third kappa shape index (κ3) is 46.7. The van der Waals surface area contributed by atoms with Gasteiger partial charge in [-0.3, -0.25) is 38.5 Å². The summed E-state index contributed by atoms with van der Waals surface area (Å²) in [7, 11) is 3.57. The van der Waals surface area contributed by atoms with Crippen LogP contribution in [0.1, 0.15) is 214 Å². The number of carbonyl (C=O) groups excluding carboxylic acids is 7. The van der Waals surface area contributed by atoms with Crippen LogP contribution in [-0.2, 0) is 44.7 Å². The van der Waals surface area contributed by atoms with Crippen molar-refractivity contribution < 1.29 is 43.0 Å². The van der Waals surface area contributed by atoms with Crippen molar-refractivity contribution in [3.8, 4) is 0 Å². The van der Waals surface area contributed by atoms with E-state index in [1.165, 1.54) is 77.7 Å². The predicted octanol–water partition coefficient (Wildman–Crippen LogP) is 13.5. The van der Waals surface area contributed by atoms with Crippen molar-refractivity contribution in [2.24, 2.45) is 35.5 Å². The van der Waals surface area contributed by atoms with Crippen molar-refractivity contribution >= 4 is 40.8 Å². The van der Waals surface area contributed by atoms with Gasteiger partial charge < -0.3 is 29.5 Å². The molecular weight excluding hydrogens is 1080 g/mol. The van der Waals surface area contributed by atoms with Crippen LogP contribution in [0.2, 0.25) is 0 Å². The van der Waals surface area contributed by atoms with Crippen molar-refractivity contribution in [3.63, 3.8) is 0 Å². The van der Waals surface area contributed by atoms with E-state index in [0.717, 1.165) is 120 Å². The van der Waals surface area contributed by atoms with Crippen LogP contribution in [0.4, 0.5) is 0 Å². The van der Waals surface area contributed by atoms with Crippen molar-refractivity contribution in [2.75, 3.05) is 99.4 Å². The average molecular weight is 1210 g/mol. The average Bonchev–Trinajstić information content (AvgIpc) is 4.16. The first-order valence-corrected chi connectivity index (χ1v) is 33.1. The number of esters is 1. The zero-order chi connectivity index (χ0) is 65.6. The van der Waals surface area contributed by atoms with E-state index in [1.807, 2.05) is 139 Å². The molecule has 0 spiro atoms. The number of piperazine rings is 1. The van der Waals surface area contributed by atoms with E-state index in [2.05, 4.69) is 49.7 Å². The number of hydrogen-bond acceptors (Lipinski definition) is 13. The maximum atomic E-state index is 11.5. The molecule has 494 valence electrons. The molecule has 0 aliphatic carbocycles. The van der Waals surface area contributed by atoms with Crippen LogP contribution in [-0.4, -0.2) is 166 Å². The number of ether oxygens (including phenoxy) is 2. The van der Waals surface area contributed by atoms with Gasteiger partial charge in [-0.1, -0.05) is 144 Å². The number of likely N-dealkylation sites (N-methyl/N-ethyl adjacent to an activating group) is 1. The van der Waals surface area contributed by atoms with Crippen LogP contribution < -0.4 is 5.32 Å². The fourth-order valence-corrected chi connectivity index (χ4v) is 8.75. The van der Waals surface area contributed by atoms with E-state index < -0.39 is 0 Å². The molecule has 0 bridgehead atoms. The topological polar surface area (TPSA) is 163 Å². The molecule has 0 aromatic heterocycles. The van der Waals surface area contributed by atoms with E-state index in [4.69, 9.17) is 4.74 Å². The van der Waals surface area contributed by atoms with Gasteiger partial charge in [-0.15, -0.1) is 0 Å². The number of nitrogens with one attached hydrogen (secondary N) is 1. The molecule has 5 rings (SSSR count). The largest absolute Gasteiger partial charge is 0.469 e. The summed E-state index contributed by atoms with van der Waals surface area (Å²) >= 11 is 0. The van der Waals surface area contributed by atoms with E-state index >= 15 is 0 Å². The molecule has 3 heterocycles. The number of aryl methyl sites for hydroxylation is 2. The Morgan fingerprint density at radius 1 is 0.488 bits per heavy atom. The number of unbranched alkanes of at least 4 members (excludes halogenated alkanes) is 3. The molecule has 14 nitrogen and oxygen atoms in total. The highest BCUT2D eigenvalue weighted by molar-refractivity contribution is 5.94. The molecule has 1 amide bonds. The Morgan fingerprint density at radius 3 is 1.29 bits per heavy atom. The van der Waals surface area contributed by atoms with Gasteiger partial charge in [0.05, 0.1) is 26.2 Å². The number of nitrogens with zero attached hydrogens (tertiary/aromatic N) is 4. The first-order chi connectivity index (χ1) is 40.5. The highest BCUT2D eigenvalue weighted by atomic mass is 16.5. The minimum atomic E-state index is -0.153. The zero-order valence-electron chi connectivity index (χ0n) is 58.2. The molecule has 0 unspecified atom stereocenters. The van der Waals surface area contributed by atoms with Gasteiger partial charge in [0.25, 0.3) is 5.91 Å². The van der Waals surface area contributed by atoms with Crippen molar-refractivity contribution in [3.05, 3.63) is 70.8 Å². The Morgan fingerprint density at radius 2 is 0.895 bits per heavy atom. The SMILES string of the molecule is CC(C)C(=O)CCCCN1CCN(C)CC1.CC(C)C(=O)CCCCN1CCOCC1.CC(C)C(=O)CCCN1CCCC1.CCCCC(=O)C(C)C.COC(=O)C(C)C.Cc1cccc(C(=O)NC(C)C)c1.Cc1cccc(CC(=O)C(C)C)c1. The number of morpholine rings is 1. The van der Waals surface area contributed by atoms with Crippen LogP contribution in [0.3, 0.4) is 0 Å². The fourth-order valence-electron chi connectivity index (χ4n) is 8.75. The van der Waals surface area contributed by atoms with E-state index in [0.29, 0.717) is 35.3 Å². The second kappa shape index (κ2) is 51.4. The highest BCUT2D eigenvalue weighted by Gasteiger charge is 2.16. The Kier molecular flexibility index (Phi) is 50.0. The van der Waals surface area contributed by atoms with E-state index in [9.17, 15) is 33.6 Å². The molecule has 0 saturated carbocycles. The normalized spacial score (nSPS) is 14.5. The predicted molar refractivity (Wildman–Crippen MR) is 358 cm³/mol. The number of rotatable bonds is 27. The summed E-state index contributed by atoms with van der Waals surface area (Å²) < 4.78 is 9.65. The Labute approximate surface area is 525 Å². The molecule has 2 aromatic rings. The number of benzene rings is 2. The lowest BCUT2D eigenvalue weighted by atomic mass is 10.0. The third-order valence-electron chi connectivity index (χ3n) is 14.9. The molecule has 2 aromatic carbocycles. The van der Waals surface area contributed by atoms with Gasteiger partial charge in [0, 0.05) is 113 Å². The summed E-state index contributed by atoms with van der Waals surface area (Å²) in [4.78, 5) is 88.0. The first-order valence-electron chi connectivity index (χ1n) is 33.1. The van der Waals surface area contributed by atoms with Gasteiger partial charge in [0.1, 0.15) is 28.9 Å². The van der Waals surface area contributed by atoms with E-state index in [-0.39, 0.29) is 53.4 Å². The number of amides is 1. The van der Waals surface area contributed by atoms with Crippen LogP contribution in [0, 0.1) is 49.4 Å². The zero-order valence-corrected chi connectivity index (χ0v) is 58.2. The molecule has 14 heteroatoms. The maximum absolute atomic E-state index is 11.5. The smallest absolute Gasteiger partial charge is 0.308 e. The van der Waals surface area contributed by atoms with Gasteiger partial charge in [-0.2, -0.15) is 0 Å². The van der Waals surface area contributed by atoms with Crippen molar-refractivity contribution in [1.29, 1.82) is 0 Å². The summed E-state index contributed by atoms with van der Waals surface area (Å²) in [5.74, 6) is 2.80. The van der Waals surface area contributed by atoms with Gasteiger partial charge in [-0.25, -0.2) is 0 Å². The van der Waals surface area contributed by atoms with Crippen molar-refractivity contribution in [2.45, 2.75) is 214 Å². The number of likely N-dealkylation sites (tertiary alicyclic amines) is 1. The number of carbonyl (C=O) groups is 7. The Balaban J connectivity index is 0. The van der Waals surface area contributed by atoms with Crippen LogP contribution >= 0.6 is 0 Å². The quantitative estimate of drug-likeness (QED) is 0.0665. The third-order valence-corrected chi connectivity index (χ3v) is 14.9. The van der Waals surface area contributed by atoms with Crippen LogP contribution in [0.25, 0.3) is 0 Å². The Bertz CT molecular complexity index is 2120. The monoisotopic (exact) mass is 1210 g/mol.